The Labute approximate surface area is 140 Å². The van der Waals surface area contributed by atoms with Gasteiger partial charge in [-0.15, -0.1) is 6.58 Å². The Morgan fingerprint density at radius 2 is 2.17 bits per heavy atom. The summed E-state index contributed by atoms with van der Waals surface area (Å²) in [6.45, 7) is 6.02. The fraction of sp³-hybridized carbons (Fsp3) is 0.294. The lowest BCUT2D eigenvalue weighted by Gasteiger charge is -2.28. The number of carbonyl (C=O) groups excluding carboxylic acids is 2. The molecule has 3 rings (SSSR count). The Hall–Kier alpha value is -2.80. The van der Waals surface area contributed by atoms with E-state index in [2.05, 4.69) is 12.1 Å². The zero-order valence-electron chi connectivity index (χ0n) is 13.3. The number of urea groups is 1. The molecule has 1 saturated heterocycles. The van der Waals surface area contributed by atoms with E-state index in [1.807, 2.05) is 19.1 Å². The first-order valence-electron chi connectivity index (χ1n) is 7.65. The molecule has 1 aromatic carbocycles. The average molecular weight is 329 g/mol. The summed E-state index contributed by atoms with van der Waals surface area (Å²) in [5.41, 5.74) is 3.19. The van der Waals surface area contributed by atoms with Crippen LogP contribution in [0.4, 0.5) is 4.79 Å². The molecular weight excluding hydrogens is 310 g/mol. The fourth-order valence-corrected chi connectivity index (χ4v) is 2.88. The molecule has 0 aromatic heterocycles. The highest BCUT2D eigenvalue weighted by Gasteiger charge is 2.47. The third-order valence-corrected chi connectivity index (χ3v) is 3.91. The molecule has 0 radical (unpaired) electrons. The van der Waals surface area contributed by atoms with E-state index < -0.39 is 11.9 Å². The molecule has 0 aliphatic carbocycles. The molecule has 0 saturated carbocycles. The van der Waals surface area contributed by atoms with E-state index in [4.69, 9.17) is 9.68 Å². The lowest BCUT2D eigenvalue weighted by molar-refractivity contribution is -0.131. The maximum Gasteiger partial charge on any atom is 0.345 e. The molecule has 2 aliphatic rings. The lowest BCUT2D eigenvalue weighted by atomic mass is 10.0. The number of nitrogens with zero attached hydrogens (tertiary/aromatic N) is 2. The van der Waals surface area contributed by atoms with Crippen LogP contribution >= 0.6 is 0 Å². The number of hydrogen-bond donors (Lipinski definition) is 1. The van der Waals surface area contributed by atoms with Gasteiger partial charge in [-0.1, -0.05) is 30.4 Å². The van der Waals surface area contributed by atoms with Crippen molar-refractivity contribution in [3.63, 3.8) is 0 Å². The molecule has 2 heterocycles. The molecular formula is C17H19N3O4. The smallest absolute Gasteiger partial charge is 0.345 e. The number of fused-ring (bicyclic) bond motifs is 2. The minimum absolute atomic E-state index is 0.198. The predicted octanol–water partition coefficient (Wildman–Crippen LogP) is 1.65. The van der Waals surface area contributed by atoms with Crippen LogP contribution in [0, 0.1) is 0 Å². The van der Waals surface area contributed by atoms with Gasteiger partial charge >= 0.3 is 6.03 Å². The molecule has 0 spiro atoms. The van der Waals surface area contributed by atoms with Gasteiger partial charge in [-0.3, -0.25) is 9.63 Å². The van der Waals surface area contributed by atoms with Gasteiger partial charge in [0.05, 0.1) is 19.2 Å². The van der Waals surface area contributed by atoms with Gasteiger partial charge in [-0.2, -0.15) is 10.5 Å². The first-order chi connectivity index (χ1) is 11.6. The molecule has 24 heavy (non-hydrogen) atoms. The van der Waals surface area contributed by atoms with Gasteiger partial charge < -0.3 is 9.74 Å². The second-order valence-electron chi connectivity index (χ2n) is 5.61. The summed E-state index contributed by atoms with van der Waals surface area (Å²) in [5.74, 6) is 0.120. The molecule has 1 aromatic rings. The van der Waals surface area contributed by atoms with Gasteiger partial charge in [-0.05, 0) is 24.6 Å². The Kier molecular flexibility index (Phi) is 4.52. The van der Waals surface area contributed by atoms with E-state index in [1.54, 1.807) is 30.3 Å². The normalized spacial score (nSPS) is 22.2. The highest BCUT2D eigenvalue weighted by molar-refractivity contribution is 5.91. The summed E-state index contributed by atoms with van der Waals surface area (Å²) in [6, 6.07) is 7.66. The van der Waals surface area contributed by atoms with E-state index in [0.29, 0.717) is 12.3 Å². The third kappa shape index (κ3) is 2.98. The van der Waals surface area contributed by atoms with Crippen molar-refractivity contribution in [3.8, 4) is 5.75 Å². The van der Waals surface area contributed by atoms with Crippen molar-refractivity contribution in [2.45, 2.75) is 19.0 Å². The van der Waals surface area contributed by atoms with E-state index in [0.717, 1.165) is 5.57 Å². The maximum absolute atomic E-state index is 12.5. The minimum Gasteiger partial charge on any atom is -0.379 e. The van der Waals surface area contributed by atoms with Crippen molar-refractivity contribution in [2.24, 2.45) is 0 Å². The van der Waals surface area contributed by atoms with E-state index in [-0.39, 0.29) is 18.7 Å². The lowest BCUT2D eigenvalue weighted by Crippen LogP contribution is -2.50. The number of hydrogen-bond acceptors (Lipinski definition) is 4. The summed E-state index contributed by atoms with van der Waals surface area (Å²) < 4.78 is 0. The van der Waals surface area contributed by atoms with Crippen molar-refractivity contribution in [1.29, 1.82) is 0 Å². The number of benzene rings is 1. The average Bonchev–Trinajstić information content (AvgIpc) is 2.83. The SMILES string of the molecule is C=CCON1C(=O)N2C[C@H]1C=C(C)[C@H]2C(=O)NOc1ccccc1. The van der Waals surface area contributed by atoms with Crippen molar-refractivity contribution in [3.05, 3.63) is 54.6 Å². The Balaban J connectivity index is 1.69. The summed E-state index contributed by atoms with van der Waals surface area (Å²) in [5, 5.41) is 1.29. The number of para-hydroxylation sites is 1. The molecule has 2 bridgehead atoms. The fourth-order valence-electron chi connectivity index (χ4n) is 2.88. The first-order valence-corrected chi connectivity index (χ1v) is 7.65. The highest BCUT2D eigenvalue weighted by atomic mass is 16.7. The molecule has 3 amide bonds. The second kappa shape index (κ2) is 6.76. The molecule has 2 aliphatic heterocycles. The minimum atomic E-state index is -0.713. The van der Waals surface area contributed by atoms with Crippen LogP contribution in [0.25, 0.3) is 0 Å². The standard InChI is InChI=1S/C17H19N3O4/c1-3-9-23-20-13-10-12(2)15(19(11-13)17(20)22)16(21)18-24-14-7-5-4-6-8-14/h3-8,10,13,15H,1,9,11H2,2H3,(H,18,21)/t13-,15+/m1/s1. The number of amides is 3. The number of carbonyl (C=O) groups is 2. The molecule has 0 unspecified atom stereocenters. The first kappa shape index (κ1) is 16.1. The molecule has 2 atom stereocenters. The van der Waals surface area contributed by atoms with Crippen LogP contribution in [0.1, 0.15) is 6.92 Å². The second-order valence-corrected chi connectivity index (χ2v) is 5.61. The molecule has 7 heteroatoms. The van der Waals surface area contributed by atoms with Crippen LogP contribution in [0.15, 0.2) is 54.6 Å². The number of rotatable bonds is 6. The van der Waals surface area contributed by atoms with Gasteiger partial charge in [0.25, 0.3) is 5.91 Å². The van der Waals surface area contributed by atoms with Gasteiger partial charge in [-0.25, -0.2) is 4.79 Å². The quantitative estimate of drug-likeness (QED) is 0.636. The van der Waals surface area contributed by atoms with Gasteiger partial charge in [0.15, 0.2) is 5.75 Å². The van der Waals surface area contributed by atoms with Gasteiger partial charge in [0.1, 0.15) is 6.04 Å². The molecule has 126 valence electrons. The monoisotopic (exact) mass is 329 g/mol. The molecule has 1 N–H and O–H groups in total. The molecule has 1 fully saturated rings. The van der Waals surface area contributed by atoms with Crippen molar-refractivity contribution >= 4 is 11.9 Å². The van der Waals surface area contributed by atoms with Crippen molar-refractivity contribution in [1.82, 2.24) is 15.4 Å². The van der Waals surface area contributed by atoms with Crippen molar-refractivity contribution in [2.75, 3.05) is 13.2 Å². The molecule has 7 nitrogen and oxygen atoms in total. The number of hydroxylamine groups is 3. The van der Waals surface area contributed by atoms with Crippen LogP contribution in [-0.4, -0.2) is 47.1 Å². The van der Waals surface area contributed by atoms with E-state index in [1.165, 1.54) is 9.96 Å². The number of nitrogens with one attached hydrogen (secondary N) is 1. The van der Waals surface area contributed by atoms with Crippen LogP contribution < -0.4 is 10.3 Å². The van der Waals surface area contributed by atoms with Gasteiger partial charge in [0.2, 0.25) is 0 Å². The van der Waals surface area contributed by atoms with Crippen molar-refractivity contribution < 1.29 is 19.3 Å². The van der Waals surface area contributed by atoms with Crippen LogP contribution in [-0.2, 0) is 9.63 Å². The topological polar surface area (TPSA) is 71.1 Å². The van der Waals surface area contributed by atoms with Gasteiger partial charge in [0, 0.05) is 0 Å². The Bertz CT molecular complexity index is 674. The predicted molar refractivity (Wildman–Crippen MR) is 86.6 cm³/mol. The Morgan fingerprint density at radius 1 is 1.42 bits per heavy atom. The summed E-state index contributed by atoms with van der Waals surface area (Å²) in [7, 11) is 0. The van der Waals surface area contributed by atoms with Crippen LogP contribution in [0.3, 0.4) is 0 Å². The maximum atomic E-state index is 12.5. The summed E-state index contributed by atoms with van der Waals surface area (Å²) in [4.78, 5) is 37.1. The van der Waals surface area contributed by atoms with E-state index in [9.17, 15) is 9.59 Å². The van der Waals surface area contributed by atoms with Crippen LogP contribution in [0.5, 0.6) is 5.75 Å². The Morgan fingerprint density at radius 3 is 2.88 bits per heavy atom. The largest absolute Gasteiger partial charge is 0.379 e. The zero-order chi connectivity index (χ0) is 17.1. The summed E-state index contributed by atoms with van der Waals surface area (Å²) in [6.07, 6.45) is 3.44. The van der Waals surface area contributed by atoms with E-state index >= 15 is 0 Å². The third-order valence-electron chi connectivity index (χ3n) is 3.91. The zero-order valence-corrected chi connectivity index (χ0v) is 13.3. The summed E-state index contributed by atoms with van der Waals surface area (Å²) >= 11 is 0. The van der Waals surface area contributed by atoms with Crippen LogP contribution in [0.2, 0.25) is 0 Å². The highest BCUT2D eigenvalue weighted by Crippen LogP contribution is 2.29.